The van der Waals surface area contributed by atoms with Crippen LogP contribution in [-0.4, -0.2) is 69.5 Å². The Kier molecular flexibility index (Phi) is 6.77. The van der Waals surface area contributed by atoms with Crippen LogP contribution in [0.2, 0.25) is 0 Å². The van der Waals surface area contributed by atoms with Gasteiger partial charge in [-0.1, -0.05) is 0 Å². The van der Waals surface area contributed by atoms with Gasteiger partial charge in [0.15, 0.2) is 0 Å². The van der Waals surface area contributed by atoms with Crippen LogP contribution in [0, 0.1) is 0 Å². The third-order valence-corrected chi connectivity index (χ3v) is 6.79. The standard InChI is InChI=1S/C23H35N5O3/c1-15(14-31-3)25-23-24-12-22-20(18-5-4-10-27(13-18)16(2)29)11-21(28(22)26-23)17-6-8-19(30)9-7-17/h11-12,15,17-19,30H,4-10,13-14H2,1-3H3,(H,25,26)/t15-,17-,18-,19-/m0/s1. The summed E-state index contributed by atoms with van der Waals surface area (Å²) in [4.78, 5) is 18.5. The maximum Gasteiger partial charge on any atom is 0.241 e. The molecular weight excluding hydrogens is 394 g/mol. The fourth-order valence-corrected chi connectivity index (χ4v) is 5.12. The Morgan fingerprint density at radius 2 is 2.06 bits per heavy atom. The van der Waals surface area contributed by atoms with Gasteiger partial charge in [0.2, 0.25) is 11.9 Å². The fraction of sp³-hybridized carbons (Fsp3) is 0.696. The number of piperidine rings is 1. The summed E-state index contributed by atoms with van der Waals surface area (Å²) in [5.41, 5.74) is 3.46. The number of carbonyl (C=O) groups is 1. The number of ether oxygens (including phenoxy) is 1. The minimum absolute atomic E-state index is 0.105. The molecule has 2 aliphatic rings. The highest BCUT2D eigenvalue weighted by molar-refractivity contribution is 5.73. The predicted molar refractivity (Wildman–Crippen MR) is 119 cm³/mol. The minimum atomic E-state index is -0.189. The molecule has 2 aromatic heterocycles. The van der Waals surface area contributed by atoms with Crippen LogP contribution < -0.4 is 5.32 Å². The van der Waals surface area contributed by atoms with Crippen molar-refractivity contribution in [3.63, 3.8) is 0 Å². The van der Waals surface area contributed by atoms with Crippen LogP contribution in [0.4, 0.5) is 5.95 Å². The van der Waals surface area contributed by atoms with Crippen molar-refractivity contribution >= 4 is 17.4 Å². The quantitative estimate of drug-likeness (QED) is 0.734. The zero-order valence-electron chi connectivity index (χ0n) is 18.9. The third kappa shape index (κ3) is 4.85. The number of hydrogen-bond acceptors (Lipinski definition) is 6. The minimum Gasteiger partial charge on any atom is -0.393 e. The molecule has 0 aromatic carbocycles. The van der Waals surface area contributed by atoms with E-state index < -0.39 is 0 Å². The van der Waals surface area contributed by atoms with Gasteiger partial charge in [0.25, 0.3) is 0 Å². The summed E-state index contributed by atoms with van der Waals surface area (Å²) in [6, 6.07) is 2.40. The molecule has 1 aliphatic heterocycles. The number of anilines is 1. The Hall–Kier alpha value is -2.19. The molecule has 1 aliphatic carbocycles. The van der Waals surface area contributed by atoms with Crippen molar-refractivity contribution in [1.82, 2.24) is 19.5 Å². The predicted octanol–water partition coefficient (Wildman–Crippen LogP) is 2.92. The average Bonchev–Trinajstić information content (AvgIpc) is 3.13. The second-order valence-corrected chi connectivity index (χ2v) is 9.21. The van der Waals surface area contributed by atoms with Crippen LogP contribution in [0.1, 0.15) is 75.5 Å². The molecule has 1 saturated heterocycles. The summed E-state index contributed by atoms with van der Waals surface area (Å²) in [7, 11) is 1.69. The van der Waals surface area contributed by atoms with Gasteiger partial charge >= 0.3 is 0 Å². The Bertz CT molecular complexity index is 906. The Morgan fingerprint density at radius 1 is 1.29 bits per heavy atom. The SMILES string of the molecule is COC[C@H](C)Nc1ncc2c([C@H]3CCCN(C(C)=O)C3)cc([C@H]3CC[C@H](O)CC3)n2n1. The van der Waals surface area contributed by atoms with Crippen LogP contribution >= 0.6 is 0 Å². The van der Waals surface area contributed by atoms with Crippen molar-refractivity contribution in [2.75, 3.05) is 32.1 Å². The zero-order chi connectivity index (χ0) is 22.0. The van der Waals surface area contributed by atoms with Gasteiger partial charge in [-0.05, 0) is 57.1 Å². The van der Waals surface area contributed by atoms with Gasteiger partial charge in [-0.2, -0.15) is 0 Å². The van der Waals surface area contributed by atoms with E-state index in [4.69, 9.17) is 9.84 Å². The van der Waals surface area contributed by atoms with Crippen LogP contribution in [0.3, 0.4) is 0 Å². The van der Waals surface area contributed by atoms with Gasteiger partial charge < -0.3 is 20.1 Å². The van der Waals surface area contributed by atoms with Crippen LogP contribution in [0.15, 0.2) is 12.3 Å². The monoisotopic (exact) mass is 429 g/mol. The van der Waals surface area contributed by atoms with Crippen LogP contribution in [0.5, 0.6) is 0 Å². The van der Waals surface area contributed by atoms with Crippen molar-refractivity contribution < 1.29 is 14.6 Å². The van der Waals surface area contributed by atoms with E-state index in [9.17, 15) is 9.90 Å². The lowest BCUT2D eigenvalue weighted by Crippen LogP contribution is -2.37. The topological polar surface area (TPSA) is 92.0 Å². The van der Waals surface area contributed by atoms with Gasteiger partial charge in [-0.3, -0.25) is 4.79 Å². The first-order chi connectivity index (χ1) is 15.0. The molecule has 31 heavy (non-hydrogen) atoms. The molecule has 2 atom stereocenters. The summed E-state index contributed by atoms with van der Waals surface area (Å²) in [6.45, 7) is 5.87. The average molecular weight is 430 g/mol. The summed E-state index contributed by atoms with van der Waals surface area (Å²) < 4.78 is 7.28. The molecule has 8 nitrogen and oxygen atoms in total. The van der Waals surface area contributed by atoms with E-state index in [2.05, 4.69) is 20.9 Å². The zero-order valence-corrected chi connectivity index (χ0v) is 18.9. The van der Waals surface area contributed by atoms with Gasteiger partial charge in [0.05, 0.1) is 24.4 Å². The van der Waals surface area contributed by atoms with E-state index in [1.54, 1.807) is 14.0 Å². The van der Waals surface area contributed by atoms with Gasteiger partial charge in [-0.25, -0.2) is 9.50 Å². The number of fused-ring (bicyclic) bond motifs is 1. The maximum atomic E-state index is 12.0. The lowest BCUT2D eigenvalue weighted by atomic mass is 9.84. The van der Waals surface area contributed by atoms with Crippen molar-refractivity contribution in [3.05, 3.63) is 23.5 Å². The van der Waals surface area contributed by atoms with E-state index in [0.717, 1.165) is 57.1 Å². The Morgan fingerprint density at radius 3 is 2.77 bits per heavy atom. The second-order valence-electron chi connectivity index (χ2n) is 9.21. The number of nitrogens with zero attached hydrogens (tertiary/aromatic N) is 4. The van der Waals surface area contributed by atoms with Gasteiger partial charge in [0, 0.05) is 50.7 Å². The number of carbonyl (C=O) groups excluding carboxylic acids is 1. The molecule has 2 N–H and O–H groups in total. The van der Waals surface area contributed by atoms with Gasteiger partial charge in [0.1, 0.15) is 0 Å². The molecule has 2 aromatic rings. The molecule has 2 fully saturated rings. The molecule has 4 rings (SSSR count). The van der Waals surface area contributed by atoms with Crippen molar-refractivity contribution in [2.24, 2.45) is 0 Å². The fourth-order valence-electron chi connectivity index (χ4n) is 5.12. The number of aliphatic hydroxyl groups is 1. The van der Waals surface area contributed by atoms with E-state index >= 15 is 0 Å². The molecule has 1 amide bonds. The molecule has 3 heterocycles. The lowest BCUT2D eigenvalue weighted by Gasteiger charge is -2.32. The largest absolute Gasteiger partial charge is 0.393 e. The number of nitrogens with one attached hydrogen (secondary N) is 1. The molecule has 1 saturated carbocycles. The summed E-state index contributed by atoms with van der Waals surface area (Å²) in [5, 5.41) is 18.2. The van der Waals surface area contributed by atoms with E-state index in [-0.39, 0.29) is 18.1 Å². The molecule has 0 spiro atoms. The number of amides is 1. The number of methoxy groups -OCH3 is 1. The van der Waals surface area contributed by atoms with E-state index in [1.165, 1.54) is 11.3 Å². The highest BCUT2D eigenvalue weighted by Crippen LogP contribution is 2.38. The van der Waals surface area contributed by atoms with Crippen molar-refractivity contribution in [2.45, 2.75) is 76.4 Å². The summed E-state index contributed by atoms with van der Waals surface area (Å²) >= 11 is 0. The molecule has 8 heteroatoms. The Labute approximate surface area is 184 Å². The van der Waals surface area contributed by atoms with Gasteiger partial charge in [-0.15, -0.1) is 5.10 Å². The maximum absolute atomic E-state index is 12.0. The van der Waals surface area contributed by atoms with Crippen LogP contribution in [-0.2, 0) is 9.53 Å². The number of aromatic nitrogens is 3. The first-order valence-electron chi connectivity index (χ1n) is 11.5. The molecule has 0 unspecified atom stereocenters. The first-order valence-corrected chi connectivity index (χ1v) is 11.5. The molecular formula is C23H35N5O3. The number of aliphatic hydroxyl groups excluding tert-OH is 1. The molecule has 170 valence electrons. The second kappa shape index (κ2) is 9.53. The number of rotatable bonds is 6. The first kappa shape index (κ1) is 22.0. The lowest BCUT2D eigenvalue weighted by molar-refractivity contribution is -0.130. The molecule has 0 bridgehead atoms. The summed E-state index contributed by atoms with van der Waals surface area (Å²) in [5.74, 6) is 1.40. The highest BCUT2D eigenvalue weighted by atomic mass is 16.5. The smallest absolute Gasteiger partial charge is 0.241 e. The number of hydrogen-bond donors (Lipinski definition) is 2. The summed E-state index contributed by atoms with van der Waals surface area (Å²) in [6.07, 6.45) is 7.39. The van der Waals surface area contributed by atoms with Crippen molar-refractivity contribution in [1.29, 1.82) is 0 Å². The molecule has 0 radical (unpaired) electrons. The number of likely N-dealkylation sites (tertiary alicyclic amines) is 1. The van der Waals surface area contributed by atoms with E-state index in [1.807, 2.05) is 18.0 Å². The van der Waals surface area contributed by atoms with E-state index in [0.29, 0.717) is 24.4 Å². The highest BCUT2D eigenvalue weighted by Gasteiger charge is 2.30. The third-order valence-electron chi connectivity index (χ3n) is 6.79. The van der Waals surface area contributed by atoms with Crippen molar-refractivity contribution in [3.8, 4) is 0 Å². The normalized spacial score (nSPS) is 25.5. The Balaban J connectivity index is 1.70. The van der Waals surface area contributed by atoms with Crippen LogP contribution in [0.25, 0.3) is 5.52 Å².